The number of amides is 4. The van der Waals surface area contributed by atoms with Gasteiger partial charge in [0.2, 0.25) is 23.6 Å². The highest BCUT2D eigenvalue weighted by Gasteiger charge is 2.15. The van der Waals surface area contributed by atoms with E-state index in [0.717, 1.165) is 40.6 Å². The summed E-state index contributed by atoms with van der Waals surface area (Å²) >= 11 is 0. The molecule has 0 spiro atoms. The van der Waals surface area contributed by atoms with Crippen LogP contribution in [0.5, 0.6) is 0 Å². The van der Waals surface area contributed by atoms with E-state index in [4.69, 9.17) is 34.4 Å². The van der Waals surface area contributed by atoms with Crippen molar-refractivity contribution in [1.29, 1.82) is 0 Å². The number of ether oxygens (including phenoxy) is 5. The first-order chi connectivity index (χ1) is 25.8. The van der Waals surface area contributed by atoms with Gasteiger partial charge < -0.3 is 55.3 Å². The van der Waals surface area contributed by atoms with Gasteiger partial charge in [-0.25, -0.2) is 4.98 Å². The molecule has 53 heavy (non-hydrogen) atoms. The maximum Gasteiger partial charge on any atom is 0.246 e. The van der Waals surface area contributed by atoms with Gasteiger partial charge in [0, 0.05) is 44.6 Å². The third-order valence-electron chi connectivity index (χ3n) is 8.06. The molecular formula is C36H56N8O9. The Kier molecular flexibility index (Phi) is 20.9. The minimum atomic E-state index is -0.376. The Morgan fingerprint density at radius 2 is 1.43 bits per heavy atom. The number of hydrogen-bond acceptors (Lipinski definition) is 12. The Morgan fingerprint density at radius 1 is 0.774 bits per heavy atom. The Labute approximate surface area is 310 Å². The van der Waals surface area contributed by atoms with Crippen molar-refractivity contribution in [3.63, 3.8) is 0 Å². The normalized spacial score (nSPS) is 11.9. The number of primary amides is 1. The Balaban J connectivity index is 1.13. The molecule has 2 heterocycles. The van der Waals surface area contributed by atoms with Crippen LogP contribution in [0.4, 0.5) is 0 Å². The molecule has 0 bridgehead atoms. The molecule has 17 heteroatoms. The maximum absolute atomic E-state index is 12.3. The Morgan fingerprint density at radius 3 is 2.15 bits per heavy atom. The molecule has 0 aliphatic heterocycles. The fourth-order valence-electron chi connectivity index (χ4n) is 5.35. The minimum Gasteiger partial charge on any atom is -0.379 e. The number of unbranched alkanes of at least 4 members (excludes halogenated alkanes) is 1. The number of aryl methyl sites for hydroxylation is 1. The summed E-state index contributed by atoms with van der Waals surface area (Å²) in [6.45, 7) is 6.35. The van der Waals surface area contributed by atoms with Crippen molar-refractivity contribution in [2.75, 3.05) is 86.1 Å². The van der Waals surface area contributed by atoms with Crippen molar-refractivity contribution in [2.24, 2.45) is 5.73 Å². The average Bonchev–Trinajstić information content (AvgIpc) is 3.51. The third-order valence-corrected chi connectivity index (χ3v) is 8.06. The monoisotopic (exact) mass is 744 g/mol. The fourth-order valence-corrected chi connectivity index (χ4v) is 5.35. The number of imidazole rings is 1. The topological polar surface area (TPSA) is 219 Å². The molecule has 6 N–H and O–H groups in total. The van der Waals surface area contributed by atoms with Gasteiger partial charge in [0.05, 0.1) is 62.9 Å². The molecule has 0 aliphatic rings. The van der Waals surface area contributed by atoms with Crippen LogP contribution in [0.25, 0.3) is 21.9 Å². The molecule has 3 rings (SSSR count). The minimum absolute atomic E-state index is 0.0914. The highest BCUT2D eigenvalue weighted by Crippen LogP contribution is 2.25. The van der Waals surface area contributed by atoms with Crippen molar-refractivity contribution >= 4 is 45.6 Å². The molecule has 1 atom stereocenters. The van der Waals surface area contributed by atoms with E-state index in [0.29, 0.717) is 91.9 Å². The number of carbonyl (C=O) groups excluding carboxylic acids is 4. The highest BCUT2D eigenvalue weighted by molar-refractivity contribution is 6.02. The molecule has 1 aromatic carbocycles. The maximum atomic E-state index is 12.3. The van der Waals surface area contributed by atoms with Crippen LogP contribution in [0.15, 0.2) is 30.5 Å². The summed E-state index contributed by atoms with van der Waals surface area (Å²) in [5.74, 6) is -0.307. The van der Waals surface area contributed by atoms with E-state index < -0.39 is 0 Å². The van der Waals surface area contributed by atoms with Crippen LogP contribution in [0.1, 0.15) is 44.9 Å². The van der Waals surface area contributed by atoms with Gasteiger partial charge >= 0.3 is 0 Å². The Bertz CT molecular complexity index is 1550. The van der Waals surface area contributed by atoms with Gasteiger partial charge in [-0.2, -0.15) is 0 Å². The molecule has 17 nitrogen and oxygen atoms in total. The molecule has 0 saturated carbocycles. The number of para-hydroxylation sites is 1. The van der Waals surface area contributed by atoms with E-state index in [2.05, 4.69) is 30.8 Å². The molecule has 0 saturated heterocycles. The molecule has 1 unspecified atom stereocenters. The summed E-state index contributed by atoms with van der Waals surface area (Å²) < 4.78 is 29.3. The summed E-state index contributed by atoms with van der Waals surface area (Å²) in [5, 5.41) is 12.2. The number of likely N-dealkylation sites (N-methyl/N-ethyl adjacent to an activating group) is 1. The van der Waals surface area contributed by atoms with Gasteiger partial charge in [0.25, 0.3) is 0 Å². The number of rotatable bonds is 30. The number of nitrogens with zero attached hydrogens (tertiary/aromatic N) is 3. The second kappa shape index (κ2) is 25.7. The lowest BCUT2D eigenvalue weighted by molar-refractivity contribution is -0.131. The number of aromatic nitrogens is 3. The van der Waals surface area contributed by atoms with Crippen molar-refractivity contribution in [1.82, 2.24) is 35.8 Å². The fraction of sp³-hybridized carbons (Fsp3) is 0.611. The molecule has 4 amide bonds. The largest absolute Gasteiger partial charge is 0.379 e. The molecule has 0 aliphatic carbocycles. The van der Waals surface area contributed by atoms with Crippen LogP contribution < -0.4 is 27.0 Å². The zero-order valence-electron chi connectivity index (χ0n) is 31.0. The molecule has 3 aromatic rings. The summed E-state index contributed by atoms with van der Waals surface area (Å²) in [6, 6.07) is 7.58. The summed E-state index contributed by atoms with van der Waals surface area (Å²) in [4.78, 5) is 56.6. The lowest BCUT2D eigenvalue weighted by Crippen LogP contribution is -2.39. The second-order valence-corrected chi connectivity index (χ2v) is 12.0. The first kappa shape index (κ1) is 43.1. The van der Waals surface area contributed by atoms with Crippen LogP contribution in [0.2, 0.25) is 0 Å². The first-order valence-corrected chi connectivity index (χ1v) is 18.2. The zero-order valence-corrected chi connectivity index (χ0v) is 31.0. The van der Waals surface area contributed by atoms with Crippen molar-refractivity contribution in [2.45, 2.75) is 58.2 Å². The van der Waals surface area contributed by atoms with Gasteiger partial charge in [-0.3, -0.25) is 24.2 Å². The van der Waals surface area contributed by atoms with Crippen LogP contribution >= 0.6 is 0 Å². The van der Waals surface area contributed by atoms with E-state index in [1.807, 2.05) is 31.2 Å². The lowest BCUT2D eigenvalue weighted by atomic mass is 10.1. The standard InChI is InChI=1S/C36H56N8O9/c1-3-49-24-31-43-30-23-42-28-10-5-4-9-27(28)35(30)44(31)16-8-14-40-33(46)25-53-26-34(47)41-15-18-51-20-22-52-21-19-50-17-12-32(45)39-13-7-6-11-29(38-2)36(37)48/h4-5,9-10,23,29,38H,3,6-8,11-22,24-26H2,1-2H3,(H2,37,48)(H,39,45)(H,40,46)(H,41,47). The van der Waals surface area contributed by atoms with Crippen LogP contribution in [-0.2, 0) is 56.0 Å². The highest BCUT2D eigenvalue weighted by atomic mass is 16.5. The third kappa shape index (κ3) is 16.5. The van der Waals surface area contributed by atoms with Gasteiger partial charge in [-0.1, -0.05) is 18.2 Å². The molecule has 0 radical (unpaired) electrons. The number of carbonyl (C=O) groups is 4. The summed E-state index contributed by atoms with van der Waals surface area (Å²) in [7, 11) is 1.69. The van der Waals surface area contributed by atoms with E-state index in [9.17, 15) is 19.2 Å². The number of nitrogens with one attached hydrogen (secondary N) is 4. The van der Waals surface area contributed by atoms with Crippen LogP contribution in [0, 0.1) is 0 Å². The van der Waals surface area contributed by atoms with Crippen molar-refractivity contribution in [3.8, 4) is 0 Å². The number of pyridine rings is 1. The number of nitrogens with two attached hydrogens (primary N) is 1. The molecular weight excluding hydrogens is 688 g/mol. The second-order valence-electron chi connectivity index (χ2n) is 12.0. The zero-order chi connectivity index (χ0) is 38.1. The van der Waals surface area contributed by atoms with Gasteiger partial charge in [-0.05, 0) is 45.7 Å². The number of benzene rings is 1. The van der Waals surface area contributed by atoms with E-state index >= 15 is 0 Å². The van der Waals surface area contributed by atoms with E-state index in [1.54, 1.807) is 13.2 Å². The van der Waals surface area contributed by atoms with Gasteiger partial charge in [0.1, 0.15) is 31.2 Å². The van der Waals surface area contributed by atoms with E-state index in [1.165, 1.54) is 0 Å². The lowest BCUT2D eigenvalue weighted by Gasteiger charge is -2.12. The quantitative estimate of drug-likeness (QED) is 0.0592. The summed E-state index contributed by atoms with van der Waals surface area (Å²) in [6.07, 6.45) is 4.87. The molecule has 294 valence electrons. The Hall–Kier alpha value is -4.26. The smallest absolute Gasteiger partial charge is 0.246 e. The summed E-state index contributed by atoms with van der Waals surface area (Å²) in [5.41, 5.74) is 7.97. The van der Waals surface area contributed by atoms with Crippen LogP contribution in [-0.4, -0.2) is 130 Å². The predicted octanol–water partition coefficient (Wildman–Crippen LogP) is 0.560. The van der Waals surface area contributed by atoms with E-state index in [-0.39, 0.29) is 49.3 Å². The molecule has 0 fully saturated rings. The first-order valence-electron chi connectivity index (χ1n) is 18.2. The van der Waals surface area contributed by atoms with Crippen LogP contribution in [0.3, 0.4) is 0 Å². The van der Waals surface area contributed by atoms with Crippen molar-refractivity contribution in [3.05, 3.63) is 36.3 Å². The average molecular weight is 745 g/mol. The van der Waals surface area contributed by atoms with Gasteiger partial charge in [-0.15, -0.1) is 0 Å². The molecule has 2 aromatic heterocycles. The SMILES string of the molecule is CCOCc1nc2cnc3ccccc3c2n1CCCNC(=O)COCC(=O)NCCOCCOCCOCCC(=O)NCCCCC(NC)C(N)=O. The van der Waals surface area contributed by atoms with Gasteiger partial charge in [0.15, 0.2) is 0 Å². The van der Waals surface area contributed by atoms with Crippen molar-refractivity contribution < 1.29 is 42.9 Å². The number of hydrogen-bond donors (Lipinski definition) is 5. The predicted molar refractivity (Wildman–Crippen MR) is 198 cm³/mol. The number of fused-ring (bicyclic) bond motifs is 3.